The van der Waals surface area contributed by atoms with Gasteiger partial charge in [-0.05, 0) is 25.0 Å². The van der Waals surface area contributed by atoms with Crippen LogP contribution < -0.4 is 5.56 Å². The number of nitrogens with one attached hydrogen (secondary N) is 1. The van der Waals surface area contributed by atoms with E-state index in [0.717, 1.165) is 29.0 Å². The van der Waals surface area contributed by atoms with Crippen molar-refractivity contribution >= 4 is 29.1 Å². The third-order valence-electron chi connectivity index (χ3n) is 3.64. The summed E-state index contributed by atoms with van der Waals surface area (Å²) in [5, 5.41) is 0.623. The maximum absolute atomic E-state index is 11.9. The van der Waals surface area contributed by atoms with Crippen LogP contribution in [0.25, 0.3) is 11.3 Å². The Hall–Kier alpha value is -2.38. The van der Waals surface area contributed by atoms with E-state index in [1.165, 1.54) is 36.3 Å². The van der Waals surface area contributed by atoms with E-state index >= 15 is 0 Å². The highest BCUT2D eigenvalue weighted by Crippen LogP contribution is 2.22. The van der Waals surface area contributed by atoms with Crippen LogP contribution in [0.5, 0.6) is 0 Å². The van der Waals surface area contributed by atoms with Gasteiger partial charge in [0, 0.05) is 22.3 Å². The molecule has 0 saturated carbocycles. The molecule has 0 atom stereocenters. The van der Waals surface area contributed by atoms with E-state index in [4.69, 9.17) is 4.74 Å². The number of hydrogen-bond donors (Lipinski definition) is 1. The number of hydrogen-bond acceptors (Lipinski definition) is 6. The largest absolute Gasteiger partial charge is 0.465 e. The Kier molecular flexibility index (Phi) is 6.25. The van der Waals surface area contributed by atoms with Gasteiger partial charge in [-0.1, -0.05) is 42.1 Å². The molecule has 3 rings (SSSR count). The molecule has 7 heteroatoms. The van der Waals surface area contributed by atoms with Gasteiger partial charge in [-0.3, -0.25) is 4.79 Å². The third-order valence-corrected chi connectivity index (χ3v) is 5.73. The van der Waals surface area contributed by atoms with Crippen molar-refractivity contribution in [1.82, 2.24) is 9.97 Å². The molecule has 26 heavy (non-hydrogen) atoms. The van der Waals surface area contributed by atoms with Crippen molar-refractivity contribution in [3.05, 3.63) is 68.6 Å². The number of carbonyl (C=O) groups excluding carboxylic acids is 1. The highest BCUT2D eigenvalue weighted by molar-refractivity contribution is 7.99. The number of thiophene rings is 1. The second-order valence-corrected chi connectivity index (χ2v) is 7.76. The Labute approximate surface area is 159 Å². The maximum Gasteiger partial charge on any atom is 0.348 e. The molecule has 0 radical (unpaired) electrons. The summed E-state index contributed by atoms with van der Waals surface area (Å²) < 4.78 is 4.72. The van der Waals surface area contributed by atoms with Gasteiger partial charge in [-0.25, -0.2) is 9.78 Å². The van der Waals surface area contributed by atoms with Gasteiger partial charge in [0.1, 0.15) is 4.88 Å². The zero-order valence-electron chi connectivity index (χ0n) is 14.2. The maximum atomic E-state index is 11.9. The smallest absolute Gasteiger partial charge is 0.348 e. The minimum absolute atomic E-state index is 0.151. The molecule has 1 aromatic carbocycles. The molecule has 0 spiro atoms. The van der Waals surface area contributed by atoms with Crippen LogP contribution in [0, 0.1) is 0 Å². The summed E-state index contributed by atoms with van der Waals surface area (Å²) in [7, 11) is 1.38. The highest BCUT2D eigenvalue weighted by atomic mass is 32.2. The number of nitrogens with zero attached hydrogens (tertiary/aromatic N) is 1. The number of aryl methyl sites for hydroxylation is 1. The fourth-order valence-electron chi connectivity index (χ4n) is 2.40. The standard InChI is InChI=1S/C19H18N2O3S2/c1-24-18(23)16-10-9-14(26-16)8-5-11-25-19-20-15(12-17(22)21-19)13-6-3-2-4-7-13/h2-4,6-7,9-10,12H,5,8,11H2,1H3,(H,20,21,22). The summed E-state index contributed by atoms with van der Waals surface area (Å²) in [5.41, 5.74) is 1.45. The van der Waals surface area contributed by atoms with E-state index in [1.54, 1.807) is 6.07 Å². The van der Waals surface area contributed by atoms with Crippen LogP contribution in [-0.4, -0.2) is 28.8 Å². The Morgan fingerprint density at radius 2 is 2.04 bits per heavy atom. The van der Waals surface area contributed by atoms with E-state index in [2.05, 4.69) is 9.97 Å². The van der Waals surface area contributed by atoms with Crippen LogP contribution in [0.3, 0.4) is 0 Å². The number of rotatable bonds is 7. The van der Waals surface area contributed by atoms with Crippen molar-refractivity contribution in [3.8, 4) is 11.3 Å². The lowest BCUT2D eigenvalue weighted by molar-refractivity contribution is 0.0606. The number of thioether (sulfide) groups is 1. The number of ether oxygens (including phenoxy) is 1. The molecule has 0 aliphatic heterocycles. The molecule has 0 amide bonds. The van der Waals surface area contributed by atoms with Crippen LogP contribution in [0.15, 0.2) is 58.5 Å². The molecule has 0 saturated heterocycles. The predicted molar refractivity (Wildman–Crippen MR) is 105 cm³/mol. The minimum atomic E-state index is -0.296. The Morgan fingerprint density at radius 1 is 1.23 bits per heavy atom. The number of methoxy groups -OCH3 is 1. The van der Waals surface area contributed by atoms with Crippen molar-refractivity contribution in [2.75, 3.05) is 12.9 Å². The summed E-state index contributed by atoms with van der Waals surface area (Å²) >= 11 is 2.98. The quantitative estimate of drug-likeness (QED) is 0.287. The molecule has 2 aromatic heterocycles. The molecule has 0 unspecified atom stereocenters. The first kappa shape index (κ1) is 18.4. The van der Waals surface area contributed by atoms with Crippen molar-refractivity contribution in [2.24, 2.45) is 0 Å². The number of aromatic nitrogens is 2. The van der Waals surface area contributed by atoms with E-state index in [-0.39, 0.29) is 11.5 Å². The second kappa shape index (κ2) is 8.82. The first-order valence-corrected chi connectivity index (χ1v) is 9.92. The van der Waals surface area contributed by atoms with Crippen molar-refractivity contribution in [1.29, 1.82) is 0 Å². The van der Waals surface area contributed by atoms with Crippen molar-refractivity contribution in [2.45, 2.75) is 18.0 Å². The van der Waals surface area contributed by atoms with Crippen LogP contribution in [0.2, 0.25) is 0 Å². The molecular weight excluding hydrogens is 368 g/mol. The van der Waals surface area contributed by atoms with Gasteiger partial charge in [-0.2, -0.15) is 0 Å². The Morgan fingerprint density at radius 3 is 2.81 bits per heavy atom. The number of benzene rings is 1. The Bertz CT molecular complexity index is 935. The second-order valence-electron chi connectivity index (χ2n) is 5.51. The van der Waals surface area contributed by atoms with Crippen molar-refractivity contribution < 1.29 is 9.53 Å². The first-order chi connectivity index (χ1) is 12.7. The van der Waals surface area contributed by atoms with Gasteiger partial charge in [-0.15, -0.1) is 11.3 Å². The molecule has 0 fully saturated rings. The van der Waals surface area contributed by atoms with Gasteiger partial charge in [0.25, 0.3) is 5.56 Å². The highest BCUT2D eigenvalue weighted by Gasteiger charge is 2.09. The van der Waals surface area contributed by atoms with Gasteiger partial charge in [0.05, 0.1) is 12.8 Å². The van der Waals surface area contributed by atoms with E-state index < -0.39 is 0 Å². The lowest BCUT2D eigenvalue weighted by Crippen LogP contribution is -2.08. The van der Waals surface area contributed by atoms with Crippen LogP contribution >= 0.6 is 23.1 Å². The molecule has 3 aromatic rings. The Balaban J connectivity index is 1.57. The average Bonchev–Trinajstić information content (AvgIpc) is 3.14. The molecular formula is C19H18N2O3S2. The zero-order chi connectivity index (χ0) is 18.4. The van der Waals surface area contributed by atoms with Gasteiger partial charge in [0.15, 0.2) is 5.16 Å². The molecule has 1 N–H and O–H groups in total. The molecule has 5 nitrogen and oxygen atoms in total. The summed E-state index contributed by atoms with van der Waals surface area (Å²) in [4.78, 5) is 32.4. The average molecular weight is 386 g/mol. The van der Waals surface area contributed by atoms with Gasteiger partial charge < -0.3 is 9.72 Å². The van der Waals surface area contributed by atoms with E-state index in [0.29, 0.717) is 15.7 Å². The monoisotopic (exact) mass is 386 g/mol. The van der Waals surface area contributed by atoms with Crippen LogP contribution in [0.1, 0.15) is 21.0 Å². The van der Waals surface area contributed by atoms with Crippen molar-refractivity contribution in [3.63, 3.8) is 0 Å². The molecule has 0 bridgehead atoms. The summed E-state index contributed by atoms with van der Waals surface area (Å²) in [5.74, 6) is 0.530. The topological polar surface area (TPSA) is 72.0 Å². The molecule has 134 valence electrons. The van der Waals surface area contributed by atoms with E-state index in [9.17, 15) is 9.59 Å². The SMILES string of the molecule is COC(=O)c1ccc(CCCSc2nc(-c3ccccc3)cc(=O)[nH]2)s1. The third kappa shape index (κ3) is 4.83. The molecule has 0 aliphatic carbocycles. The minimum Gasteiger partial charge on any atom is -0.465 e. The normalized spacial score (nSPS) is 10.7. The fourth-order valence-corrected chi connectivity index (χ4v) is 4.18. The summed E-state index contributed by atoms with van der Waals surface area (Å²) in [6, 6.07) is 14.9. The predicted octanol–water partition coefficient (Wildman–Crippen LogP) is 4.01. The lowest BCUT2D eigenvalue weighted by atomic mass is 10.1. The zero-order valence-corrected chi connectivity index (χ0v) is 15.9. The number of carbonyl (C=O) groups is 1. The molecule has 2 heterocycles. The lowest BCUT2D eigenvalue weighted by Gasteiger charge is -2.04. The van der Waals surface area contributed by atoms with Crippen LogP contribution in [-0.2, 0) is 11.2 Å². The first-order valence-electron chi connectivity index (χ1n) is 8.12. The van der Waals surface area contributed by atoms with E-state index in [1.807, 2.05) is 36.4 Å². The number of H-pyrrole nitrogens is 1. The summed E-state index contributed by atoms with van der Waals surface area (Å²) in [6.45, 7) is 0. The number of esters is 1. The van der Waals surface area contributed by atoms with Gasteiger partial charge in [0.2, 0.25) is 0 Å². The molecule has 0 aliphatic rings. The van der Waals surface area contributed by atoms with Crippen LogP contribution in [0.4, 0.5) is 0 Å². The van der Waals surface area contributed by atoms with Gasteiger partial charge >= 0.3 is 5.97 Å². The number of aromatic amines is 1. The summed E-state index contributed by atoms with van der Waals surface area (Å²) in [6.07, 6.45) is 1.79. The fraction of sp³-hybridized carbons (Fsp3) is 0.211.